The lowest BCUT2D eigenvalue weighted by Gasteiger charge is -2.20. The van der Waals surface area contributed by atoms with E-state index in [1.54, 1.807) is 6.20 Å². The van der Waals surface area contributed by atoms with Crippen molar-refractivity contribution in [1.29, 1.82) is 0 Å². The lowest BCUT2D eigenvalue weighted by molar-refractivity contribution is 0.231. The molecule has 0 aliphatic carbocycles. The summed E-state index contributed by atoms with van der Waals surface area (Å²) >= 11 is 0. The van der Waals surface area contributed by atoms with Gasteiger partial charge in [0.05, 0.1) is 6.54 Å². The molecular formula is C18H26N4O. The molecule has 1 aromatic carbocycles. The number of aromatic nitrogens is 2. The lowest BCUT2D eigenvalue weighted by Crippen LogP contribution is -2.46. The van der Waals surface area contributed by atoms with Crippen molar-refractivity contribution < 1.29 is 4.79 Å². The number of rotatable bonds is 6. The molecule has 0 saturated heterocycles. The summed E-state index contributed by atoms with van der Waals surface area (Å²) in [5.41, 5.74) is 1.10. The molecular weight excluding hydrogens is 288 g/mol. The minimum atomic E-state index is -0.241. The topological polar surface area (TPSA) is 59.0 Å². The quantitative estimate of drug-likeness (QED) is 0.860. The Hall–Kier alpha value is -2.30. The maximum atomic E-state index is 11.8. The van der Waals surface area contributed by atoms with Crippen LogP contribution in [0, 0.1) is 0 Å². The summed E-state index contributed by atoms with van der Waals surface area (Å²) in [6.07, 6.45) is 5.82. The standard InChI is InChI=1S/C18H26N4O/c1-18(2,3)21-17(23)20-14-16-19-11-13-22(16)12-7-10-15-8-5-4-6-9-15/h4-6,8-9,11,13H,7,10,12,14H2,1-3H3,(H2,20,21,23). The van der Waals surface area contributed by atoms with Crippen molar-refractivity contribution in [2.45, 2.75) is 52.2 Å². The second-order valence-corrected chi connectivity index (χ2v) is 6.68. The molecule has 0 spiro atoms. The molecule has 5 heteroatoms. The molecule has 0 bridgehead atoms. The molecule has 2 amide bonds. The first-order valence-corrected chi connectivity index (χ1v) is 8.04. The number of nitrogens with zero attached hydrogens (tertiary/aromatic N) is 2. The number of nitrogens with one attached hydrogen (secondary N) is 2. The molecule has 0 fully saturated rings. The largest absolute Gasteiger partial charge is 0.334 e. The van der Waals surface area contributed by atoms with Crippen LogP contribution in [-0.4, -0.2) is 21.1 Å². The summed E-state index contributed by atoms with van der Waals surface area (Å²) in [4.78, 5) is 16.1. The molecule has 0 aliphatic rings. The summed E-state index contributed by atoms with van der Waals surface area (Å²) < 4.78 is 2.10. The third kappa shape index (κ3) is 6.14. The van der Waals surface area contributed by atoms with Crippen molar-refractivity contribution in [3.8, 4) is 0 Å². The Morgan fingerprint density at radius 3 is 2.65 bits per heavy atom. The highest BCUT2D eigenvalue weighted by atomic mass is 16.2. The number of aryl methyl sites for hydroxylation is 2. The van der Waals surface area contributed by atoms with Crippen LogP contribution in [0.1, 0.15) is 38.6 Å². The Labute approximate surface area is 138 Å². The molecule has 2 rings (SSSR count). The van der Waals surface area contributed by atoms with Crippen LogP contribution in [0.25, 0.3) is 0 Å². The molecule has 0 radical (unpaired) electrons. The molecule has 124 valence electrons. The Kier molecular flexibility index (Phi) is 5.79. The third-order valence-corrected chi connectivity index (χ3v) is 3.40. The molecule has 0 saturated carbocycles. The van der Waals surface area contributed by atoms with E-state index < -0.39 is 0 Å². The fraction of sp³-hybridized carbons (Fsp3) is 0.444. The SMILES string of the molecule is CC(C)(C)NC(=O)NCc1nccn1CCCc1ccccc1. The van der Waals surface area contributed by atoms with Crippen LogP contribution in [0.4, 0.5) is 4.79 Å². The van der Waals surface area contributed by atoms with Crippen molar-refractivity contribution >= 4 is 6.03 Å². The molecule has 0 aliphatic heterocycles. The van der Waals surface area contributed by atoms with Gasteiger partial charge in [-0.2, -0.15) is 0 Å². The molecule has 1 heterocycles. The zero-order valence-corrected chi connectivity index (χ0v) is 14.2. The number of amides is 2. The minimum Gasteiger partial charge on any atom is -0.334 e. The lowest BCUT2D eigenvalue weighted by atomic mass is 10.1. The number of hydrogen-bond donors (Lipinski definition) is 2. The maximum absolute atomic E-state index is 11.8. The van der Waals surface area contributed by atoms with Crippen LogP contribution >= 0.6 is 0 Å². The normalized spacial score (nSPS) is 11.3. The second-order valence-electron chi connectivity index (χ2n) is 6.68. The summed E-state index contributed by atoms with van der Waals surface area (Å²) in [6, 6.07) is 10.3. The first-order valence-electron chi connectivity index (χ1n) is 8.04. The Morgan fingerprint density at radius 1 is 1.22 bits per heavy atom. The van der Waals surface area contributed by atoms with E-state index in [0.29, 0.717) is 6.54 Å². The zero-order valence-electron chi connectivity index (χ0n) is 14.2. The molecule has 0 unspecified atom stereocenters. The first-order chi connectivity index (χ1) is 10.9. The summed E-state index contributed by atoms with van der Waals surface area (Å²) in [6.45, 7) is 7.19. The van der Waals surface area contributed by atoms with Crippen LogP contribution in [0.5, 0.6) is 0 Å². The van der Waals surface area contributed by atoms with Crippen LogP contribution in [0.2, 0.25) is 0 Å². The van der Waals surface area contributed by atoms with Gasteiger partial charge in [-0.15, -0.1) is 0 Å². The van der Waals surface area contributed by atoms with E-state index in [4.69, 9.17) is 0 Å². The fourth-order valence-electron chi connectivity index (χ4n) is 2.35. The van der Waals surface area contributed by atoms with E-state index in [0.717, 1.165) is 25.2 Å². The van der Waals surface area contributed by atoms with Crippen molar-refractivity contribution in [3.05, 3.63) is 54.1 Å². The van der Waals surface area contributed by atoms with E-state index >= 15 is 0 Å². The summed E-state index contributed by atoms with van der Waals surface area (Å²) in [5, 5.41) is 5.74. The fourth-order valence-corrected chi connectivity index (χ4v) is 2.35. The van der Waals surface area contributed by atoms with E-state index in [2.05, 4.69) is 44.5 Å². The average Bonchev–Trinajstić information content (AvgIpc) is 2.92. The van der Waals surface area contributed by atoms with Crippen molar-refractivity contribution in [2.75, 3.05) is 0 Å². The maximum Gasteiger partial charge on any atom is 0.315 e. The van der Waals surface area contributed by atoms with E-state index in [1.165, 1.54) is 5.56 Å². The Bertz CT molecular complexity index is 613. The van der Waals surface area contributed by atoms with E-state index in [9.17, 15) is 4.79 Å². The molecule has 5 nitrogen and oxygen atoms in total. The summed E-state index contributed by atoms with van der Waals surface area (Å²) in [7, 11) is 0. The Balaban J connectivity index is 1.79. The number of carbonyl (C=O) groups excluding carboxylic acids is 1. The van der Waals surface area contributed by atoms with Gasteiger partial charge in [-0.1, -0.05) is 30.3 Å². The predicted octanol–water partition coefficient (Wildman–Crippen LogP) is 3.11. The van der Waals surface area contributed by atoms with Gasteiger partial charge >= 0.3 is 6.03 Å². The van der Waals surface area contributed by atoms with Gasteiger partial charge in [-0.05, 0) is 39.2 Å². The monoisotopic (exact) mass is 314 g/mol. The van der Waals surface area contributed by atoms with Crippen LogP contribution < -0.4 is 10.6 Å². The van der Waals surface area contributed by atoms with Crippen LogP contribution in [-0.2, 0) is 19.5 Å². The molecule has 2 aromatic rings. The van der Waals surface area contributed by atoms with Crippen molar-refractivity contribution in [1.82, 2.24) is 20.2 Å². The molecule has 2 N–H and O–H groups in total. The van der Waals surface area contributed by atoms with Gasteiger partial charge in [0.1, 0.15) is 5.82 Å². The van der Waals surface area contributed by atoms with Crippen LogP contribution in [0.3, 0.4) is 0 Å². The van der Waals surface area contributed by atoms with Gasteiger partial charge in [-0.3, -0.25) is 0 Å². The number of carbonyl (C=O) groups is 1. The van der Waals surface area contributed by atoms with Crippen LogP contribution in [0.15, 0.2) is 42.7 Å². The van der Waals surface area contributed by atoms with E-state index in [1.807, 2.05) is 33.0 Å². The summed E-state index contributed by atoms with van der Waals surface area (Å²) in [5.74, 6) is 0.877. The van der Waals surface area contributed by atoms with Crippen molar-refractivity contribution in [2.24, 2.45) is 0 Å². The first kappa shape index (κ1) is 17.1. The highest BCUT2D eigenvalue weighted by Crippen LogP contribution is 2.06. The number of benzene rings is 1. The Morgan fingerprint density at radius 2 is 1.96 bits per heavy atom. The van der Waals surface area contributed by atoms with Crippen molar-refractivity contribution in [3.63, 3.8) is 0 Å². The average molecular weight is 314 g/mol. The van der Waals surface area contributed by atoms with Gasteiger partial charge < -0.3 is 15.2 Å². The smallest absolute Gasteiger partial charge is 0.315 e. The molecule has 1 aromatic heterocycles. The number of imidazole rings is 1. The molecule has 23 heavy (non-hydrogen) atoms. The number of hydrogen-bond acceptors (Lipinski definition) is 2. The number of urea groups is 1. The van der Waals surface area contributed by atoms with Gasteiger partial charge in [-0.25, -0.2) is 9.78 Å². The van der Waals surface area contributed by atoms with Gasteiger partial charge in [0.2, 0.25) is 0 Å². The highest BCUT2D eigenvalue weighted by Gasteiger charge is 2.13. The highest BCUT2D eigenvalue weighted by molar-refractivity contribution is 5.74. The van der Waals surface area contributed by atoms with Gasteiger partial charge in [0.15, 0.2) is 0 Å². The second kappa shape index (κ2) is 7.81. The molecule has 0 atom stereocenters. The minimum absolute atomic E-state index is 0.170. The van der Waals surface area contributed by atoms with E-state index in [-0.39, 0.29) is 11.6 Å². The third-order valence-electron chi connectivity index (χ3n) is 3.40. The zero-order chi connectivity index (χ0) is 16.7. The predicted molar refractivity (Wildman–Crippen MR) is 92.1 cm³/mol. The van der Waals surface area contributed by atoms with Gasteiger partial charge in [0, 0.05) is 24.5 Å². The van der Waals surface area contributed by atoms with Gasteiger partial charge in [0.25, 0.3) is 0 Å².